The molecule has 1 aliphatic heterocycles. The van der Waals surface area contributed by atoms with Gasteiger partial charge >= 0.3 is 0 Å². The highest BCUT2D eigenvalue weighted by atomic mass is 16.5. The van der Waals surface area contributed by atoms with Gasteiger partial charge in [-0.15, -0.1) is 0 Å². The summed E-state index contributed by atoms with van der Waals surface area (Å²) in [6, 6.07) is 12.9. The third kappa shape index (κ3) is 4.26. The zero-order chi connectivity index (χ0) is 18.5. The van der Waals surface area contributed by atoms with Gasteiger partial charge in [0.2, 0.25) is 0 Å². The average molecular weight is 354 g/mol. The second-order valence-corrected chi connectivity index (χ2v) is 7.50. The van der Waals surface area contributed by atoms with Gasteiger partial charge in [0.1, 0.15) is 0 Å². The van der Waals surface area contributed by atoms with Gasteiger partial charge in [-0.3, -0.25) is 4.99 Å². The standard InChI is InChI=1S/C21H30N4O/c1-15(2)20-12-18(26-24-20)13-23-21(22-4)25-11-10-19(16(3)14-25)17-8-6-5-7-9-17/h5-9,12,15-16,19H,10-11,13-14H2,1-4H3,(H,22,23). The normalized spacial score (nSPS) is 21.3. The second kappa shape index (κ2) is 8.39. The van der Waals surface area contributed by atoms with Gasteiger partial charge in [0.25, 0.3) is 0 Å². The third-order valence-electron chi connectivity index (χ3n) is 5.23. The number of hydrogen-bond acceptors (Lipinski definition) is 3. The van der Waals surface area contributed by atoms with E-state index >= 15 is 0 Å². The zero-order valence-corrected chi connectivity index (χ0v) is 16.3. The first-order valence-electron chi connectivity index (χ1n) is 9.54. The second-order valence-electron chi connectivity index (χ2n) is 7.50. The van der Waals surface area contributed by atoms with Crippen molar-refractivity contribution in [3.63, 3.8) is 0 Å². The van der Waals surface area contributed by atoms with E-state index in [9.17, 15) is 0 Å². The lowest BCUT2D eigenvalue weighted by molar-refractivity contribution is 0.233. The number of benzene rings is 1. The molecule has 0 radical (unpaired) electrons. The summed E-state index contributed by atoms with van der Waals surface area (Å²) in [5, 5.41) is 7.54. The maximum absolute atomic E-state index is 5.42. The summed E-state index contributed by atoms with van der Waals surface area (Å²) in [7, 11) is 1.84. The summed E-state index contributed by atoms with van der Waals surface area (Å²) in [6.45, 7) is 9.20. The van der Waals surface area contributed by atoms with E-state index in [1.165, 1.54) is 5.56 Å². The van der Waals surface area contributed by atoms with Crippen molar-refractivity contribution in [2.45, 2.75) is 45.6 Å². The van der Waals surface area contributed by atoms with Crippen LogP contribution in [0.3, 0.4) is 0 Å². The molecule has 26 heavy (non-hydrogen) atoms. The summed E-state index contributed by atoms with van der Waals surface area (Å²) < 4.78 is 5.42. The Morgan fingerprint density at radius 3 is 2.73 bits per heavy atom. The van der Waals surface area contributed by atoms with Crippen LogP contribution in [0, 0.1) is 5.92 Å². The quantitative estimate of drug-likeness (QED) is 0.666. The van der Waals surface area contributed by atoms with Crippen LogP contribution in [0.1, 0.15) is 56.0 Å². The van der Waals surface area contributed by atoms with Gasteiger partial charge < -0.3 is 14.7 Å². The molecule has 3 rings (SSSR count). The lowest BCUT2D eigenvalue weighted by Gasteiger charge is -2.38. The van der Waals surface area contributed by atoms with Crippen LogP contribution in [0.2, 0.25) is 0 Å². The van der Waals surface area contributed by atoms with Gasteiger partial charge in [-0.2, -0.15) is 0 Å². The van der Waals surface area contributed by atoms with Crippen LogP contribution in [0.5, 0.6) is 0 Å². The van der Waals surface area contributed by atoms with E-state index in [1.807, 2.05) is 13.1 Å². The number of aliphatic imine (C=N–C) groups is 1. The first-order valence-corrected chi connectivity index (χ1v) is 9.54. The number of piperidine rings is 1. The fourth-order valence-corrected chi connectivity index (χ4v) is 3.72. The Morgan fingerprint density at radius 1 is 1.35 bits per heavy atom. The molecule has 0 spiro atoms. The van der Waals surface area contributed by atoms with Crippen molar-refractivity contribution in [1.29, 1.82) is 0 Å². The molecule has 1 N–H and O–H groups in total. The van der Waals surface area contributed by atoms with Gasteiger partial charge in [-0.25, -0.2) is 0 Å². The topological polar surface area (TPSA) is 53.7 Å². The third-order valence-corrected chi connectivity index (χ3v) is 5.23. The molecular weight excluding hydrogens is 324 g/mol. The zero-order valence-electron chi connectivity index (χ0n) is 16.3. The van der Waals surface area contributed by atoms with Crippen molar-refractivity contribution in [3.05, 3.63) is 53.4 Å². The lowest BCUT2D eigenvalue weighted by atomic mass is 9.82. The molecule has 0 aliphatic carbocycles. The number of rotatable bonds is 4. The Bertz CT molecular complexity index is 723. The van der Waals surface area contributed by atoms with Crippen molar-refractivity contribution >= 4 is 5.96 Å². The van der Waals surface area contributed by atoms with Crippen molar-refractivity contribution in [2.75, 3.05) is 20.1 Å². The first-order chi connectivity index (χ1) is 12.6. The van der Waals surface area contributed by atoms with Crippen LogP contribution in [0.25, 0.3) is 0 Å². The molecule has 0 bridgehead atoms. The summed E-state index contributed by atoms with van der Waals surface area (Å²) in [4.78, 5) is 6.82. The summed E-state index contributed by atoms with van der Waals surface area (Å²) in [6.07, 6.45) is 1.14. The molecule has 2 aromatic rings. The Labute approximate surface area is 156 Å². The highest BCUT2D eigenvalue weighted by Gasteiger charge is 2.28. The number of hydrogen-bond donors (Lipinski definition) is 1. The Morgan fingerprint density at radius 2 is 2.12 bits per heavy atom. The minimum atomic E-state index is 0.379. The number of aromatic nitrogens is 1. The van der Waals surface area contributed by atoms with Crippen molar-refractivity contribution < 1.29 is 4.52 Å². The van der Waals surface area contributed by atoms with E-state index in [1.54, 1.807) is 0 Å². The Hall–Kier alpha value is -2.30. The van der Waals surface area contributed by atoms with Crippen LogP contribution in [0.15, 0.2) is 45.9 Å². The molecule has 2 unspecified atom stereocenters. The molecule has 1 fully saturated rings. The molecule has 5 nitrogen and oxygen atoms in total. The highest BCUT2D eigenvalue weighted by molar-refractivity contribution is 5.80. The molecule has 1 aliphatic rings. The van der Waals surface area contributed by atoms with Crippen LogP contribution in [-0.4, -0.2) is 36.2 Å². The Balaban J connectivity index is 1.57. The number of nitrogens with zero attached hydrogens (tertiary/aromatic N) is 3. The molecule has 2 heterocycles. The number of likely N-dealkylation sites (tertiary alicyclic amines) is 1. The molecule has 1 aromatic heterocycles. The molecular formula is C21H30N4O. The fourth-order valence-electron chi connectivity index (χ4n) is 3.72. The van der Waals surface area contributed by atoms with E-state index in [0.717, 1.165) is 36.9 Å². The van der Waals surface area contributed by atoms with E-state index in [2.05, 4.69) is 71.5 Å². The van der Waals surface area contributed by atoms with Crippen LogP contribution < -0.4 is 5.32 Å². The number of nitrogens with one attached hydrogen (secondary N) is 1. The first kappa shape index (κ1) is 18.5. The smallest absolute Gasteiger partial charge is 0.194 e. The molecule has 1 saturated heterocycles. The summed E-state index contributed by atoms with van der Waals surface area (Å²) in [5.74, 6) is 3.37. The molecule has 140 valence electrons. The maximum Gasteiger partial charge on any atom is 0.194 e. The van der Waals surface area contributed by atoms with Gasteiger partial charge in [-0.1, -0.05) is 56.3 Å². The predicted octanol–water partition coefficient (Wildman–Crippen LogP) is 4.00. The van der Waals surface area contributed by atoms with Gasteiger partial charge in [-0.05, 0) is 29.7 Å². The van der Waals surface area contributed by atoms with E-state index in [4.69, 9.17) is 4.52 Å². The summed E-state index contributed by atoms with van der Waals surface area (Å²) >= 11 is 0. The minimum Gasteiger partial charge on any atom is -0.359 e. The van der Waals surface area contributed by atoms with Crippen LogP contribution in [-0.2, 0) is 6.54 Å². The van der Waals surface area contributed by atoms with Crippen molar-refractivity contribution in [2.24, 2.45) is 10.9 Å². The molecule has 5 heteroatoms. The summed E-state index contributed by atoms with van der Waals surface area (Å²) in [5.41, 5.74) is 2.44. The van der Waals surface area contributed by atoms with Gasteiger partial charge in [0, 0.05) is 26.2 Å². The predicted molar refractivity (Wildman–Crippen MR) is 105 cm³/mol. The van der Waals surface area contributed by atoms with Gasteiger partial charge in [0.05, 0.1) is 12.2 Å². The molecule has 0 saturated carbocycles. The van der Waals surface area contributed by atoms with E-state index < -0.39 is 0 Å². The monoisotopic (exact) mass is 354 g/mol. The fraction of sp³-hybridized carbons (Fsp3) is 0.524. The van der Waals surface area contributed by atoms with Crippen molar-refractivity contribution in [1.82, 2.24) is 15.4 Å². The van der Waals surface area contributed by atoms with Crippen molar-refractivity contribution in [3.8, 4) is 0 Å². The SMILES string of the molecule is CN=C(NCc1cc(C(C)C)no1)N1CCC(c2ccccc2)C(C)C1. The lowest BCUT2D eigenvalue weighted by Crippen LogP contribution is -2.47. The molecule has 0 amide bonds. The molecule has 1 aromatic carbocycles. The Kier molecular flexibility index (Phi) is 5.96. The minimum absolute atomic E-state index is 0.379. The number of guanidine groups is 1. The van der Waals surface area contributed by atoms with Gasteiger partial charge in [0.15, 0.2) is 11.7 Å². The average Bonchev–Trinajstić information content (AvgIpc) is 3.12. The largest absolute Gasteiger partial charge is 0.359 e. The maximum atomic E-state index is 5.42. The van der Waals surface area contributed by atoms with Crippen LogP contribution in [0.4, 0.5) is 0 Å². The van der Waals surface area contributed by atoms with E-state index in [-0.39, 0.29) is 0 Å². The van der Waals surface area contributed by atoms with E-state index in [0.29, 0.717) is 24.3 Å². The highest BCUT2D eigenvalue weighted by Crippen LogP contribution is 2.32. The van der Waals surface area contributed by atoms with Crippen LogP contribution >= 0.6 is 0 Å². The molecule has 2 atom stereocenters.